The highest BCUT2D eigenvalue weighted by molar-refractivity contribution is 5.96. The summed E-state index contributed by atoms with van der Waals surface area (Å²) in [6, 6.07) is 9.31. The zero-order chi connectivity index (χ0) is 16.4. The molecule has 0 N–H and O–H groups in total. The molecule has 0 fully saturated rings. The van der Waals surface area contributed by atoms with E-state index >= 15 is 0 Å². The lowest BCUT2D eigenvalue weighted by Gasteiger charge is -2.30. The van der Waals surface area contributed by atoms with Gasteiger partial charge in [-0.2, -0.15) is 0 Å². The van der Waals surface area contributed by atoms with Crippen LogP contribution in [0.4, 0.5) is 14.5 Å². The smallest absolute Gasteiger partial charge is 0.231 e. The van der Waals surface area contributed by atoms with Gasteiger partial charge in [-0.05, 0) is 36.6 Å². The number of halogens is 2. The van der Waals surface area contributed by atoms with Crippen molar-refractivity contribution in [3.05, 3.63) is 59.2 Å². The molecule has 0 spiro atoms. The molecular formula is C18H17F2NO2. The summed E-state index contributed by atoms with van der Waals surface area (Å²) in [5.74, 6) is -0.692. The summed E-state index contributed by atoms with van der Waals surface area (Å²) in [5.41, 5.74) is 1.60. The fourth-order valence-electron chi connectivity index (χ4n) is 2.89. The summed E-state index contributed by atoms with van der Waals surface area (Å²) in [7, 11) is 1.58. The zero-order valence-corrected chi connectivity index (χ0v) is 12.8. The predicted molar refractivity (Wildman–Crippen MR) is 83.7 cm³/mol. The second-order valence-electron chi connectivity index (χ2n) is 5.56. The molecule has 0 radical (unpaired) electrons. The molecular weight excluding hydrogens is 300 g/mol. The van der Waals surface area contributed by atoms with Crippen molar-refractivity contribution in [1.82, 2.24) is 0 Å². The first-order chi connectivity index (χ1) is 11.1. The molecule has 2 aromatic rings. The maximum Gasteiger partial charge on any atom is 0.231 e. The van der Waals surface area contributed by atoms with E-state index in [0.717, 1.165) is 11.6 Å². The van der Waals surface area contributed by atoms with E-state index in [9.17, 15) is 13.6 Å². The van der Waals surface area contributed by atoms with Crippen LogP contribution in [0.5, 0.6) is 5.75 Å². The van der Waals surface area contributed by atoms with Crippen LogP contribution in [0.25, 0.3) is 0 Å². The van der Waals surface area contributed by atoms with Gasteiger partial charge in [0.25, 0.3) is 0 Å². The van der Waals surface area contributed by atoms with Crippen LogP contribution in [-0.2, 0) is 17.6 Å². The van der Waals surface area contributed by atoms with Gasteiger partial charge in [0.15, 0.2) is 0 Å². The standard InChI is InChI=1S/C18H17F2NO2/c1-23-14-6-4-12(5-7-14)9-18(22)21-8-2-3-15-16(20)10-13(19)11-17(15)21/h4-7,10-11H,2-3,8-9H2,1H3. The number of rotatable bonds is 3. The third kappa shape index (κ3) is 3.18. The molecule has 3 nitrogen and oxygen atoms in total. The fraction of sp³-hybridized carbons (Fsp3) is 0.278. The lowest BCUT2D eigenvalue weighted by molar-refractivity contribution is -0.118. The van der Waals surface area contributed by atoms with Gasteiger partial charge in [0.2, 0.25) is 5.91 Å². The highest BCUT2D eigenvalue weighted by atomic mass is 19.1. The van der Waals surface area contributed by atoms with Crippen molar-refractivity contribution in [2.75, 3.05) is 18.6 Å². The average molecular weight is 317 g/mol. The summed E-state index contributed by atoms with van der Waals surface area (Å²) in [5, 5.41) is 0. The molecule has 0 bridgehead atoms. The van der Waals surface area contributed by atoms with Crippen LogP contribution in [0.15, 0.2) is 36.4 Å². The van der Waals surface area contributed by atoms with E-state index in [1.54, 1.807) is 19.2 Å². The number of ether oxygens (including phenoxy) is 1. The lowest BCUT2D eigenvalue weighted by Crippen LogP contribution is -2.37. The Morgan fingerprint density at radius 1 is 1.22 bits per heavy atom. The quantitative estimate of drug-likeness (QED) is 0.867. The lowest BCUT2D eigenvalue weighted by atomic mass is 10.00. The van der Waals surface area contributed by atoms with Gasteiger partial charge < -0.3 is 9.64 Å². The molecule has 1 aliphatic rings. The van der Waals surface area contributed by atoms with E-state index in [2.05, 4.69) is 0 Å². The normalized spacial score (nSPS) is 13.6. The minimum absolute atomic E-state index is 0.166. The molecule has 1 amide bonds. The maximum absolute atomic E-state index is 13.9. The van der Waals surface area contributed by atoms with Crippen LogP contribution in [0, 0.1) is 11.6 Å². The first-order valence-electron chi connectivity index (χ1n) is 7.49. The number of methoxy groups -OCH3 is 1. The summed E-state index contributed by atoms with van der Waals surface area (Å²) >= 11 is 0. The molecule has 0 unspecified atom stereocenters. The Bertz CT molecular complexity index is 729. The van der Waals surface area contributed by atoms with Crippen LogP contribution in [0.2, 0.25) is 0 Å². The number of nitrogens with zero attached hydrogens (tertiary/aromatic N) is 1. The molecule has 1 aliphatic heterocycles. The number of carbonyl (C=O) groups excluding carboxylic acids is 1. The van der Waals surface area contributed by atoms with Crippen molar-refractivity contribution < 1.29 is 18.3 Å². The SMILES string of the molecule is COc1ccc(CC(=O)N2CCCc3c(F)cc(F)cc32)cc1. The van der Waals surface area contributed by atoms with Gasteiger partial charge in [-0.1, -0.05) is 12.1 Å². The Morgan fingerprint density at radius 2 is 1.96 bits per heavy atom. The minimum atomic E-state index is -0.662. The number of carbonyl (C=O) groups is 1. The molecule has 3 rings (SSSR count). The van der Waals surface area contributed by atoms with Gasteiger partial charge in [-0.15, -0.1) is 0 Å². The van der Waals surface area contributed by atoms with Crippen LogP contribution < -0.4 is 9.64 Å². The number of hydrogen-bond donors (Lipinski definition) is 0. The van der Waals surface area contributed by atoms with Crippen molar-refractivity contribution in [2.45, 2.75) is 19.3 Å². The second kappa shape index (κ2) is 6.36. The molecule has 5 heteroatoms. The fourth-order valence-corrected chi connectivity index (χ4v) is 2.89. The molecule has 0 saturated carbocycles. The van der Waals surface area contributed by atoms with E-state index in [-0.39, 0.29) is 12.3 Å². The number of hydrogen-bond acceptors (Lipinski definition) is 2. The molecule has 0 saturated heterocycles. The van der Waals surface area contributed by atoms with E-state index in [4.69, 9.17) is 4.74 Å². The van der Waals surface area contributed by atoms with Crippen LogP contribution in [-0.4, -0.2) is 19.6 Å². The monoisotopic (exact) mass is 317 g/mol. The van der Waals surface area contributed by atoms with Crippen LogP contribution in [0.3, 0.4) is 0 Å². The van der Waals surface area contributed by atoms with Crippen molar-refractivity contribution in [1.29, 1.82) is 0 Å². The third-order valence-corrected chi connectivity index (χ3v) is 4.05. The maximum atomic E-state index is 13.9. The molecule has 0 aliphatic carbocycles. The summed E-state index contributed by atoms with van der Waals surface area (Å²) in [6.45, 7) is 0.477. The summed E-state index contributed by atoms with van der Waals surface area (Å²) in [4.78, 5) is 14.0. The van der Waals surface area contributed by atoms with E-state index < -0.39 is 11.6 Å². The summed E-state index contributed by atoms with van der Waals surface area (Å²) < 4.78 is 32.5. The van der Waals surface area contributed by atoms with E-state index in [1.807, 2.05) is 12.1 Å². The average Bonchev–Trinajstić information content (AvgIpc) is 2.55. The number of anilines is 1. The largest absolute Gasteiger partial charge is 0.497 e. The second-order valence-corrected chi connectivity index (χ2v) is 5.56. The molecule has 120 valence electrons. The Balaban J connectivity index is 1.83. The third-order valence-electron chi connectivity index (χ3n) is 4.05. The van der Waals surface area contributed by atoms with Gasteiger partial charge in [0.05, 0.1) is 19.2 Å². The zero-order valence-electron chi connectivity index (χ0n) is 12.8. The van der Waals surface area contributed by atoms with Gasteiger partial charge in [0, 0.05) is 18.2 Å². The number of benzene rings is 2. The number of amides is 1. The highest BCUT2D eigenvalue weighted by Gasteiger charge is 2.25. The molecule has 1 heterocycles. The van der Waals surface area contributed by atoms with Gasteiger partial charge in [0.1, 0.15) is 17.4 Å². The van der Waals surface area contributed by atoms with Crippen LogP contribution in [0.1, 0.15) is 17.5 Å². The first kappa shape index (κ1) is 15.5. The molecule has 2 aromatic carbocycles. The van der Waals surface area contributed by atoms with E-state index in [1.165, 1.54) is 11.0 Å². The van der Waals surface area contributed by atoms with Gasteiger partial charge in [-0.25, -0.2) is 8.78 Å². The van der Waals surface area contributed by atoms with Crippen LogP contribution >= 0.6 is 0 Å². The topological polar surface area (TPSA) is 29.5 Å². The molecule has 0 atom stereocenters. The Labute approximate surface area is 133 Å². The Morgan fingerprint density at radius 3 is 2.65 bits per heavy atom. The van der Waals surface area contributed by atoms with Gasteiger partial charge in [-0.3, -0.25) is 4.79 Å². The Kier molecular flexibility index (Phi) is 4.28. The van der Waals surface area contributed by atoms with Crippen molar-refractivity contribution in [3.8, 4) is 5.75 Å². The first-order valence-corrected chi connectivity index (χ1v) is 7.49. The predicted octanol–water partition coefficient (Wildman–Crippen LogP) is 3.50. The van der Waals surface area contributed by atoms with Crippen molar-refractivity contribution in [2.24, 2.45) is 0 Å². The minimum Gasteiger partial charge on any atom is -0.497 e. The van der Waals surface area contributed by atoms with Crippen molar-refractivity contribution >= 4 is 11.6 Å². The summed E-state index contributed by atoms with van der Waals surface area (Å²) in [6.07, 6.45) is 1.37. The van der Waals surface area contributed by atoms with Gasteiger partial charge >= 0.3 is 0 Å². The molecule has 0 aromatic heterocycles. The molecule has 23 heavy (non-hydrogen) atoms. The van der Waals surface area contributed by atoms with E-state index in [0.29, 0.717) is 36.4 Å². The number of fused-ring (bicyclic) bond motifs is 1. The Hall–Kier alpha value is -2.43. The highest BCUT2D eigenvalue weighted by Crippen LogP contribution is 2.31. The van der Waals surface area contributed by atoms with Crippen molar-refractivity contribution in [3.63, 3.8) is 0 Å².